The first-order valence-corrected chi connectivity index (χ1v) is 8.83. The van der Waals surface area contributed by atoms with Gasteiger partial charge in [-0.1, -0.05) is 0 Å². The molecular weight excluding hydrogens is 324 g/mol. The zero-order chi connectivity index (χ0) is 18.0. The van der Waals surface area contributed by atoms with Crippen molar-refractivity contribution in [1.29, 1.82) is 0 Å². The van der Waals surface area contributed by atoms with Crippen molar-refractivity contribution in [3.05, 3.63) is 11.3 Å². The minimum atomic E-state index is -0.849. The van der Waals surface area contributed by atoms with Gasteiger partial charge in [-0.05, 0) is 39.0 Å². The summed E-state index contributed by atoms with van der Waals surface area (Å²) in [5.74, 6) is 0.0608. The smallest absolute Gasteiger partial charge is 0.303 e. The van der Waals surface area contributed by atoms with Gasteiger partial charge in [0.15, 0.2) is 0 Å². The van der Waals surface area contributed by atoms with Gasteiger partial charge < -0.3 is 25.6 Å². The van der Waals surface area contributed by atoms with Gasteiger partial charge >= 0.3 is 5.97 Å². The number of aliphatic carboxylic acids is 1. The molecule has 1 aromatic heterocycles. The van der Waals surface area contributed by atoms with Crippen LogP contribution in [0.5, 0.6) is 0 Å². The van der Waals surface area contributed by atoms with E-state index in [0.717, 1.165) is 36.9 Å². The number of anilines is 2. The van der Waals surface area contributed by atoms with Crippen molar-refractivity contribution in [2.45, 2.75) is 57.2 Å². The molecule has 0 aromatic carbocycles. The molecule has 138 valence electrons. The molecule has 25 heavy (non-hydrogen) atoms. The Morgan fingerprint density at radius 1 is 1.40 bits per heavy atom. The van der Waals surface area contributed by atoms with Crippen LogP contribution >= 0.6 is 0 Å². The highest BCUT2D eigenvalue weighted by molar-refractivity contribution is 5.68. The minimum absolute atomic E-state index is 0.0285. The molecule has 2 aliphatic rings. The van der Waals surface area contributed by atoms with E-state index in [1.165, 1.54) is 0 Å². The molecule has 8 nitrogen and oxygen atoms in total. The Bertz CT molecular complexity index is 644. The van der Waals surface area contributed by atoms with Gasteiger partial charge in [-0.3, -0.25) is 4.79 Å². The van der Waals surface area contributed by atoms with Gasteiger partial charge in [-0.2, -0.15) is 4.98 Å². The van der Waals surface area contributed by atoms with E-state index in [4.69, 9.17) is 15.6 Å². The van der Waals surface area contributed by atoms with Crippen LogP contribution in [-0.4, -0.2) is 57.6 Å². The van der Waals surface area contributed by atoms with Crippen LogP contribution in [-0.2, 0) is 16.0 Å². The summed E-state index contributed by atoms with van der Waals surface area (Å²) in [6, 6.07) is 0. The maximum atomic E-state index is 11.0. The number of carboxylic acid groups (broad SMARTS) is 1. The van der Waals surface area contributed by atoms with E-state index in [0.29, 0.717) is 31.9 Å². The fourth-order valence-electron chi connectivity index (χ4n) is 3.87. The average molecular weight is 350 g/mol. The molecule has 1 unspecified atom stereocenters. The fourth-order valence-corrected chi connectivity index (χ4v) is 3.87. The minimum Gasteiger partial charge on any atom is -0.481 e. The maximum absolute atomic E-state index is 11.0. The average Bonchev–Trinajstić information content (AvgIpc) is 2.57. The number of nitrogens with zero attached hydrogens (tertiary/aromatic N) is 3. The molecule has 3 heterocycles. The summed E-state index contributed by atoms with van der Waals surface area (Å²) in [4.78, 5) is 21.6. The van der Waals surface area contributed by atoms with Crippen molar-refractivity contribution < 1.29 is 19.7 Å². The molecular formula is C17H26N4O4. The molecule has 3 rings (SSSR count). The van der Waals surface area contributed by atoms with Crippen LogP contribution in [0.1, 0.15) is 43.4 Å². The number of carbonyl (C=O) groups is 1. The topological polar surface area (TPSA) is 122 Å². The van der Waals surface area contributed by atoms with Crippen molar-refractivity contribution >= 4 is 17.7 Å². The van der Waals surface area contributed by atoms with E-state index in [1.54, 1.807) is 0 Å². The number of hydrogen-bond donors (Lipinski definition) is 3. The molecule has 8 heteroatoms. The maximum Gasteiger partial charge on any atom is 0.303 e. The first-order valence-electron chi connectivity index (χ1n) is 8.83. The number of aromatic nitrogens is 2. The Morgan fingerprint density at radius 3 is 2.76 bits per heavy atom. The lowest BCUT2D eigenvalue weighted by Gasteiger charge is -2.47. The zero-order valence-corrected chi connectivity index (χ0v) is 14.6. The van der Waals surface area contributed by atoms with Crippen LogP contribution in [0.25, 0.3) is 0 Å². The second-order valence-corrected chi connectivity index (χ2v) is 6.92. The van der Waals surface area contributed by atoms with E-state index in [2.05, 4.69) is 14.9 Å². The quantitative estimate of drug-likeness (QED) is 0.732. The van der Waals surface area contributed by atoms with E-state index in [9.17, 15) is 9.90 Å². The predicted molar refractivity (Wildman–Crippen MR) is 92.5 cm³/mol. The van der Waals surface area contributed by atoms with Gasteiger partial charge in [0.2, 0.25) is 5.95 Å². The largest absolute Gasteiger partial charge is 0.481 e. The van der Waals surface area contributed by atoms with Crippen molar-refractivity contribution in [3.63, 3.8) is 0 Å². The summed E-state index contributed by atoms with van der Waals surface area (Å²) in [6.45, 7) is 3.90. The molecule has 2 aliphatic heterocycles. The highest BCUT2D eigenvalue weighted by atomic mass is 16.5. The summed E-state index contributed by atoms with van der Waals surface area (Å²) in [6.07, 6.45) is 3.09. The normalized spacial score (nSPS) is 23.0. The Morgan fingerprint density at radius 2 is 2.12 bits per heavy atom. The molecule has 0 aliphatic carbocycles. The molecule has 1 aromatic rings. The van der Waals surface area contributed by atoms with Crippen LogP contribution in [0.15, 0.2) is 0 Å². The van der Waals surface area contributed by atoms with Gasteiger partial charge in [-0.15, -0.1) is 0 Å². The zero-order valence-electron chi connectivity index (χ0n) is 14.6. The number of nitrogens with two attached hydrogens (primary N) is 1. The van der Waals surface area contributed by atoms with Gasteiger partial charge in [0.25, 0.3) is 0 Å². The van der Waals surface area contributed by atoms with E-state index >= 15 is 0 Å². The van der Waals surface area contributed by atoms with E-state index in [1.807, 2.05) is 6.92 Å². The highest BCUT2D eigenvalue weighted by Gasteiger charge is 2.44. The van der Waals surface area contributed by atoms with Crippen LogP contribution in [0.3, 0.4) is 0 Å². The summed E-state index contributed by atoms with van der Waals surface area (Å²) < 4.78 is 5.95. The van der Waals surface area contributed by atoms with Crippen LogP contribution in [0.2, 0.25) is 0 Å². The molecule has 2 saturated heterocycles. The molecule has 0 amide bonds. The second kappa shape index (κ2) is 7.13. The SMILES string of the molecule is Cc1nc(N)nc(N2CCC3(CC2)OCCCC3O)c1CCC(=O)O. The summed E-state index contributed by atoms with van der Waals surface area (Å²) in [5, 5.41) is 19.4. The van der Waals surface area contributed by atoms with Crippen LogP contribution < -0.4 is 10.6 Å². The number of nitrogen functional groups attached to an aromatic ring is 1. The number of ether oxygens (including phenoxy) is 1. The number of aliphatic hydroxyl groups is 1. The first kappa shape index (κ1) is 17.9. The summed E-state index contributed by atoms with van der Waals surface area (Å²) in [7, 11) is 0. The van der Waals surface area contributed by atoms with Crippen molar-refractivity contribution in [2.75, 3.05) is 30.3 Å². The van der Waals surface area contributed by atoms with Crippen LogP contribution in [0, 0.1) is 6.92 Å². The number of carboxylic acids is 1. The highest BCUT2D eigenvalue weighted by Crippen LogP contribution is 2.37. The van der Waals surface area contributed by atoms with E-state index in [-0.39, 0.29) is 12.4 Å². The molecule has 0 radical (unpaired) electrons. The third kappa shape index (κ3) is 3.69. The number of aliphatic hydroxyl groups excluding tert-OH is 1. The number of rotatable bonds is 4. The molecule has 0 saturated carbocycles. The molecule has 1 atom stereocenters. The second-order valence-electron chi connectivity index (χ2n) is 6.92. The van der Waals surface area contributed by atoms with E-state index < -0.39 is 17.7 Å². The first-order chi connectivity index (χ1) is 11.9. The van der Waals surface area contributed by atoms with Crippen molar-refractivity contribution in [3.8, 4) is 0 Å². The monoisotopic (exact) mass is 350 g/mol. The lowest BCUT2D eigenvalue weighted by Crippen LogP contribution is -2.55. The summed E-state index contributed by atoms with van der Waals surface area (Å²) in [5.41, 5.74) is 6.92. The Kier molecular flexibility index (Phi) is 5.10. The van der Waals surface area contributed by atoms with Gasteiger partial charge in [-0.25, -0.2) is 4.98 Å². The fraction of sp³-hybridized carbons (Fsp3) is 0.706. The van der Waals surface area contributed by atoms with Gasteiger partial charge in [0.1, 0.15) is 5.82 Å². The lowest BCUT2D eigenvalue weighted by molar-refractivity contribution is -0.164. The Labute approximate surface area is 147 Å². The standard InChI is InChI=1S/C17H26N4O4/c1-11-12(4-5-14(23)24)15(20-16(18)19-11)21-8-6-17(7-9-21)13(22)3-2-10-25-17/h13,22H,2-10H2,1H3,(H,23,24)(H2,18,19,20). The number of piperidine rings is 1. The number of hydrogen-bond acceptors (Lipinski definition) is 7. The molecule has 1 spiro atoms. The molecule has 2 fully saturated rings. The van der Waals surface area contributed by atoms with Gasteiger partial charge in [0, 0.05) is 37.4 Å². The third-order valence-corrected chi connectivity index (χ3v) is 5.33. The van der Waals surface area contributed by atoms with Crippen molar-refractivity contribution in [2.24, 2.45) is 0 Å². The summed E-state index contributed by atoms with van der Waals surface area (Å²) >= 11 is 0. The Hall–Kier alpha value is -1.93. The van der Waals surface area contributed by atoms with Crippen LogP contribution in [0.4, 0.5) is 11.8 Å². The number of aryl methyl sites for hydroxylation is 1. The van der Waals surface area contributed by atoms with Gasteiger partial charge in [0.05, 0.1) is 11.7 Å². The lowest BCUT2D eigenvalue weighted by atomic mass is 9.82. The predicted octanol–water partition coefficient (Wildman–Crippen LogP) is 0.895. The molecule has 0 bridgehead atoms. The Balaban J connectivity index is 1.79. The molecule has 4 N–H and O–H groups in total. The third-order valence-electron chi connectivity index (χ3n) is 5.33. The van der Waals surface area contributed by atoms with Crippen molar-refractivity contribution in [1.82, 2.24) is 9.97 Å².